The quantitative estimate of drug-likeness (QED) is 0.155. The first kappa shape index (κ1) is 34.3. The molecule has 7 aromatic carbocycles. The molecular formula is C54H45N. The van der Waals surface area contributed by atoms with Gasteiger partial charge in [0.1, 0.15) is 0 Å². The lowest BCUT2D eigenvalue weighted by Crippen LogP contribution is -1.96. The number of fused-ring (bicyclic) bond motifs is 4. The average molecular weight is 708 g/mol. The summed E-state index contributed by atoms with van der Waals surface area (Å²) >= 11 is 0. The molecule has 0 saturated heterocycles. The third-order valence-electron chi connectivity index (χ3n) is 11.8. The minimum absolute atomic E-state index is 0.500. The Morgan fingerprint density at radius 3 is 1.84 bits per heavy atom. The van der Waals surface area contributed by atoms with E-state index in [-0.39, 0.29) is 0 Å². The minimum Gasteiger partial charge on any atom is -0.309 e. The maximum absolute atomic E-state index is 4.26. The van der Waals surface area contributed by atoms with Crippen LogP contribution in [-0.4, -0.2) is 4.57 Å². The topological polar surface area (TPSA) is 4.93 Å². The number of benzene rings is 7. The lowest BCUT2D eigenvalue weighted by molar-refractivity contribution is 0.689. The van der Waals surface area contributed by atoms with Gasteiger partial charge in [-0.25, -0.2) is 0 Å². The number of hydrogen-bond donors (Lipinski definition) is 0. The second-order valence-corrected chi connectivity index (χ2v) is 15.2. The van der Waals surface area contributed by atoms with E-state index in [9.17, 15) is 0 Å². The molecule has 1 heterocycles. The Balaban J connectivity index is 1.27. The van der Waals surface area contributed by atoms with Gasteiger partial charge < -0.3 is 4.57 Å². The molecule has 8 aromatic rings. The molecular weight excluding hydrogens is 663 g/mol. The maximum Gasteiger partial charge on any atom is 0.0541 e. The van der Waals surface area contributed by atoms with Crippen molar-refractivity contribution in [2.45, 2.75) is 39.5 Å². The van der Waals surface area contributed by atoms with E-state index in [2.05, 4.69) is 190 Å². The number of rotatable bonds is 7. The van der Waals surface area contributed by atoms with Gasteiger partial charge in [0.15, 0.2) is 0 Å². The third kappa shape index (κ3) is 6.07. The molecule has 0 bridgehead atoms. The molecule has 1 atom stereocenters. The fourth-order valence-corrected chi connectivity index (χ4v) is 8.81. The second kappa shape index (κ2) is 14.1. The van der Waals surface area contributed by atoms with Gasteiger partial charge in [-0.2, -0.15) is 0 Å². The monoisotopic (exact) mass is 707 g/mol. The van der Waals surface area contributed by atoms with Gasteiger partial charge in [-0.1, -0.05) is 123 Å². The minimum atomic E-state index is 0.500. The van der Waals surface area contributed by atoms with E-state index in [1.807, 2.05) is 12.2 Å². The number of aromatic nitrogens is 1. The Morgan fingerprint density at radius 1 is 0.527 bits per heavy atom. The van der Waals surface area contributed by atoms with Crippen LogP contribution in [0, 0.1) is 13.8 Å². The van der Waals surface area contributed by atoms with Crippen molar-refractivity contribution in [2.24, 2.45) is 0 Å². The van der Waals surface area contributed by atoms with Crippen LogP contribution in [0.3, 0.4) is 0 Å². The number of aryl methyl sites for hydroxylation is 3. The molecule has 55 heavy (non-hydrogen) atoms. The van der Waals surface area contributed by atoms with E-state index in [1.54, 1.807) is 0 Å². The normalized spacial score (nSPS) is 13.5. The fraction of sp³-hybridized carbons (Fsp3) is 0.111. The van der Waals surface area contributed by atoms with E-state index >= 15 is 0 Å². The zero-order chi connectivity index (χ0) is 37.6. The van der Waals surface area contributed by atoms with Crippen molar-refractivity contribution in [3.05, 3.63) is 198 Å². The first-order valence-electron chi connectivity index (χ1n) is 19.5. The van der Waals surface area contributed by atoms with Gasteiger partial charge in [0.05, 0.1) is 11.2 Å². The molecule has 1 unspecified atom stereocenters. The molecule has 266 valence electrons. The molecule has 0 radical (unpaired) electrons. The zero-order valence-electron chi connectivity index (χ0n) is 31.9. The van der Waals surface area contributed by atoms with E-state index in [4.69, 9.17) is 0 Å². The van der Waals surface area contributed by atoms with Gasteiger partial charge in [0.2, 0.25) is 0 Å². The summed E-state index contributed by atoms with van der Waals surface area (Å²) in [6.45, 7) is 15.3. The van der Waals surface area contributed by atoms with Crippen LogP contribution < -0.4 is 0 Å². The van der Waals surface area contributed by atoms with Gasteiger partial charge in [0.25, 0.3) is 0 Å². The van der Waals surface area contributed by atoms with Gasteiger partial charge >= 0.3 is 0 Å². The Hall–Kier alpha value is -6.44. The van der Waals surface area contributed by atoms with Crippen molar-refractivity contribution in [3.63, 3.8) is 0 Å². The SMILES string of the molecule is C=Cc1c(C=C)n(-c2ccccc2)c2ccc(-c3cc(-c4ccc(C)c(-c5ccccc5C)c4)cc(-c4ccc5c(c4)-c4ccccc4CCC5C)c3)cc12. The maximum atomic E-state index is 4.26. The third-order valence-corrected chi connectivity index (χ3v) is 11.8. The Morgan fingerprint density at radius 2 is 1.13 bits per heavy atom. The zero-order valence-corrected chi connectivity index (χ0v) is 31.9. The Labute approximate surface area is 325 Å². The van der Waals surface area contributed by atoms with Crippen LogP contribution in [0.1, 0.15) is 52.8 Å². The predicted molar refractivity (Wildman–Crippen MR) is 237 cm³/mol. The van der Waals surface area contributed by atoms with Crippen molar-refractivity contribution in [3.8, 4) is 61.3 Å². The Bertz CT molecular complexity index is 2770. The smallest absolute Gasteiger partial charge is 0.0541 e. The average Bonchev–Trinajstić information content (AvgIpc) is 3.48. The van der Waals surface area contributed by atoms with E-state index in [1.165, 1.54) is 77.9 Å². The van der Waals surface area contributed by atoms with Crippen molar-refractivity contribution in [2.75, 3.05) is 0 Å². The summed E-state index contributed by atoms with van der Waals surface area (Å²) in [5.74, 6) is 0.500. The summed E-state index contributed by atoms with van der Waals surface area (Å²) in [4.78, 5) is 0. The summed E-state index contributed by atoms with van der Waals surface area (Å²) in [5, 5.41) is 1.16. The van der Waals surface area contributed by atoms with Crippen LogP contribution in [-0.2, 0) is 6.42 Å². The molecule has 0 saturated carbocycles. The molecule has 1 heteroatoms. The van der Waals surface area contributed by atoms with Gasteiger partial charge in [-0.15, -0.1) is 0 Å². The van der Waals surface area contributed by atoms with E-state index in [0.717, 1.165) is 40.7 Å². The first-order chi connectivity index (χ1) is 26.9. The highest BCUT2D eigenvalue weighted by Gasteiger charge is 2.21. The van der Waals surface area contributed by atoms with Gasteiger partial charge in [-0.3, -0.25) is 0 Å². The second-order valence-electron chi connectivity index (χ2n) is 15.2. The van der Waals surface area contributed by atoms with Crippen LogP contribution in [0.4, 0.5) is 0 Å². The van der Waals surface area contributed by atoms with Crippen LogP contribution in [0.25, 0.3) is 84.4 Å². The molecule has 1 aliphatic rings. The number of hydrogen-bond acceptors (Lipinski definition) is 0. The molecule has 1 aromatic heterocycles. The Kier molecular flexibility index (Phi) is 8.79. The molecule has 0 amide bonds. The van der Waals surface area contributed by atoms with Crippen LogP contribution >= 0.6 is 0 Å². The molecule has 1 nitrogen and oxygen atoms in total. The fourth-order valence-electron chi connectivity index (χ4n) is 8.81. The summed E-state index contributed by atoms with van der Waals surface area (Å²) in [6.07, 6.45) is 6.18. The lowest BCUT2D eigenvalue weighted by atomic mass is 9.87. The van der Waals surface area contributed by atoms with Gasteiger partial charge in [0, 0.05) is 16.6 Å². The molecule has 1 aliphatic carbocycles. The number of para-hydroxylation sites is 1. The van der Waals surface area contributed by atoms with Crippen LogP contribution in [0.2, 0.25) is 0 Å². The summed E-state index contributed by atoms with van der Waals surface area (Å²) in [6, 6.07) is 56.3. The van der Waals surface area contributed by atoms with Gasteiger partial charge in [-0.05, 0) is 171 Å². The molecule has 0 spiro atoms. The summed E-state index contributed by atoms with van der Waals surface area (Å²) in [7, 11) is 0. The largest absolute Gasteiger partial charge is 0.309 e. The lowest BCUT2D eigenvalue weighted by Gasteiger charge is -2.17. The van der Waals surface area contributed by atoms with E-state index in [0.29, 0.717) is 5.92 Å². The predicted octanol–water partition coefficient (Wildman–Crippen LogP) is 14.9. The standard InChI is InChI=1S/C54H45N/c1-6-46-52-34-41(26-28-54(52)55(53(46)7-2)45-17-9-8-10-18-45)44-30-42(39-24-22-37(5)50(32-39)47-19-13-11-15-35(47)3)29-43(31-44)40-25-27-48-36(4)21-23-38-16-12-14-20-49(38)51(48)33-40/h6-20,22,24-34,36H,1-2,21,23H2,3-5H3. The van der Waals surface area contributed by atoms with E-state index < -0.39 is 0 Å². The molecule has 0 N–H and O–H groups in total. The van der Waals surface area contributed by atoms with Crippen molar-refractivity contribution in [1.29, 1.82) is 0 Å². The summed E-state index contributed by atoms with van der Waals surface area (Å²) in [5.41, 5.74) is 22.3. The van der Waals surface area contributed by atoms with Crippen LogP contribution in [0.15, 0.2) is 165 Å². The van der Waals surface area contributed by atoms with Crippen LogP contribution in [0.5, 0.6) is 0 Å². The molecule has 9 rings (SSSR count). The highest BCUT2D eigenvalue weighted by atomic mass is 15.0. The summed E-state index contributed by atoms with van der Waals surface area (Å²) < 4.78 is 2.29. The molecule has 0 fully saturated rings. The van der Waals surface area contributed by atoms with Crippen molar-refractivity contribution < 1.29 is 0 Å². The number of nitrogens with zero attached hydrogens (tertiary/aromatic N) is 1. The van der Waals surface area contributed by atoms with Crippen molar-refractivity contribution >= 4 is 23.1 Å². The molecule has 0 aliphatic heterocycles. The first-order valence-corrected chi connectivity index (χ1v) is 19.5. The van der Waals surface area contributed by atoms with Crippen molar-refractivity contribution in [1.82, 2.24) is 4.57 Å². The highest BCUT2D eigenvalue weighted by molar-refractivity contribution is 5.98. The highest BCUT2D eigenvalue weighted by Crippen LogP contribution is 2.43.